The molecule has 1 aromatic heterocycles. The van der Waals surface area contributed by atoms with Gasteiger partial charge in [0.25, 0.3) is 10.0 Å². The third kappa shape index (κ3) is 2.00. The van der Waals surface area contributed by atoms with E-state index in [-0.39, 0.29) is 23.9 Å². The van der Waals surface area contributed by atoms with Crippen molar-refractivity contribution < 1.29 is 22.7 Å². The number of hydrogen-bond acceptors (Lipinski definition) is 4. The molecule has 0 bridgehead atoms. The fourth-order valence-electron chi connectivity index (χ4n) is 2.17. The minimum Gasteiger partial charge on any atom is -0.475 e. The summed E-state index contributed by atoms with van der Waals surface area (Å²) in [5.41, 5.74) is 1.89. The van der Waals surface area contributed by atoms with Crippen molar-refractivity contribution in [2.24, 2.45) is 0 Å². The molecule has 1 aliphatic heterocycles. The molecule has 1 aliphatic rings. The highest BCUT2D eigenvalue weighted by Gasteiger charge is 2.33. The Morgan fingerprint density at radius 2 is 1.70 bits per heavy atom. The summed E-state index contributed by atoms with van der Waals surface area (Å²) in [6.07, 6.45) is 0. The second-order valence-electron chi connectivity index (χ2n) is 4.47. The molecule has 2 heterocycles. The average molecular weight is 293 g/mol. The molecule has 3 rings (SSSR count). The molecule has 1 aromatic carbocycles. The Kier molecular flexibility index (Phi) is 2.88. The molecule has 0 atom stereocenters. The summed E-state index contributed by atoms with van der Waals surface area (Å²) in [5.74, 6) is -1.68. The van der Waals surface area contributed by atoms with Crippen molar-refractivity contribution in [2.75, 3.05) is 0 Å². The van der Waals surface area contributed by atoms with Gasteiger partial charge in [-0.05, 0) is 23.3 Å². The number of hydrogen-bond donors (Lipinski definition) is 1. The largest absolute Gasteiger partial charge is 0.475 e. The number of fused-ring (bicyclic) bond motifs is 1. The van der Waals surface area contributed by atoms with Crippen molar-refractivity contribution in [3.8, 4) is 0 Å². The van der Waals surface area contributed by atoms with Gasteiger partial charge in [-0.15, -0.1) is 0 Å². The molecule has 20 heavy (non-hydrogen) atoms. The maximum absolute atomic E-state index is 12.4. The summed E-state index contributed by atoms with van der Waals surface area (Å²) in [4.78, 5) is 10.7. The summed E-state index contributed by atoms with van der Waals surface area (Å²) >= 11 is 0. The monoisotopic (exact) mass is 293 g/mol. The Bertz CT molecular complexity index is 753. The van der Waals surface area contributed by atoms with Gasteiger partial charge >= 0.3 is 5.97 Å². The molecule has 1 N–H and O–H groups in total. The highest BCUT2D eigenvalue weighted by molar-refractivity contribution is 7.89. The number of nitrogens with zero attached hydrogens (tertiary/aromatic N) is 1. The minimum atomic E-state index is -3.82. The quantitative estimate of drug-likeness (QED) is 0.930. The van der Waals surface area contributed by atoms with Crippen molar-refractivity contribution in [3.63, 3.8) is 0 Å². The van der Waals surface area contributed by atoms with Crippen LogP contribution in [-0.2, 0) is 23.1 Å². The van der Waals surface area contributed by atoms with E-state index in [1.165, 1.54) is 10.4 Å². The van der Waals surface area contributed by atoms with E-state index in [9.17, 15) is 13.2 Å². The van der Waals surface area contributed by atoms with Gasteiger partial charge in [-0.2, -0.15) is 4.31 Å². The zero-order valence-corrected chi connectivity index (χ0v) is 11.1. The third-order valence-electron chi connectivity index (χ3n) is 3.20. The molecular formula is C13H11NO5S. The van der Waals surface area contributed by atoms with Crippen LogP contribution in [-0.4, -0.2) is 23.8 Å². The van der Waals surface area contributed by atoms with E-state index in [1.807, 2.05) is 24.3 Å². The first-order valence-electron chi connectivity index (χ1n) is 5.88. The highest BCUT2D eigenvalue weighted by Crippen LogP contribution is 2.29. The van der Waals surface area contributed by atoms with Crippen LogP contribution >= 0.6 is 0 Å². The van der Waals surface area contributed by atoms with E-state index in [0.29, 0.717) is 0 Å². The lowest BCUT2D eigenvalue weighted by molar-refractivity contribution is 0.0656. The smallest absolute Gasteiger partial charge is 0.371 e. The number of aromatic carboxylic acids is 1. The van der Waals surface area contributed by atoms with Crippen molar-refractivity contribution in [3.05, 3.63) is 53.3 Å². The summed E-state index contributed by atoms with van der Waals surface area (Å²) in [5, 5.41) is 8.42. The summed E-state index contributed by atoms with van der Waals surface area (Å²) < 4.78 is 30.9. The van der Waals surface area contributed by atoms with Crippen LogP contribution < -0.4 is 0 Å². The fraction of sp³-hybridized carbons (Fsp3) is 0.154. The predicted octanol–water partition coefficient (Wildman–Crippen LogP) is 1.68. The Labute approximate surface area is 115 Å². The third-order valence-corrected chi connectivity index (χ3v) is 4.86. The molecule has 0 radical (unpaired) electrons. The molecule has 0 saturated heterocycles. The van der Waals surface area contributed by atoms with Gasteiger partial charge in [0, 0.05) is 13.1 Å². The molecule has 0 fully saturated rings. The van der Waals surface area contributed by atoms with Gasteiger partial charge in [-0.1, -0.05) is 24.3 Å². The first-order valence-corrected chi connectivity index (χ1v) is 7.32. The first-order chi connectivity index (χ1) is 9.48. The highest BCUT2D eigenvalue weighted by atomic mass is 32.2. The second kappa shape index (κ2) is 4.46. The minimum absolute atomic E-state index is 0.265. The van der Waals surface area contributed by atoms with E-state index < -0.39 is 16.0 Å². The summed E-state index contributed by atoms with van der Waals surface area (Å²) in [6, 6.07) is 9.75. The van der Waals surface area contributed by atoms with Gasteiger partial charge in [0.15, 0.2) is 0 Å². The average Bonchev–Trinajstić information content (AvgIpc) is 3.06. The van der Waals surface area contributed by atoms with Crippen LogP contribution in [0.15, 0.2) is 45.9 Å². The summed E-state index contributed by atoms with van der Waals surface area (Å²) in [7, 11) is -3.82. The molecule has 0 unspecified atom stereocenters. The number of carboxylic acids is 1. The lowest BCUT2D eigenvalue weighted by Crippen LogP contribution is -2.25. The van der Waals surface area contributed by atoms with Crippen LogP contribution in [0, 0.1) is 0 Å². The predicted molar refractivity (Wildman–Crippen MR) is 68.5 cm³/mol. The Morgan fingerprint density at radius 3 is 2.20 bits per heavy atom. The van der Waals surface area contributed by atoms with Crippen LogP contribution in [0.2, 0.25) is 0 Å². The molecule has 0 aliphatic carbocycles. The van der Waals surface area contributed by atoms with Crippen molar-refractivity contribution in [1.82, 2.24) is 4.31 Å². The molecule has 6 nitrogen and oxygen atoms in total. The van der Waals surface area contributed by atoms with E-state index in [1.54, 1.807) is 0 Å². The zero-order valence-electron chi connectivity index (χ0n) is 10.3. The van der Waals surface area contributed by atoms with Crippen LogP contribution in [0.1, 0.15) is 21.7 Å². The number of benzene rings is 1. The number of furan rings is 1. The molecule has 2 aromatic rings. The van der Waals surface area contributed by atoms with Crippen LogP contribution in [0.25, 0.3) is 0 Å². The number of carbonyl (C=O) groups is 1. The summed E-state index contributed by atoms with van der Waals surface area (Å²) in [6.45, 7) is 0.531. The molecule has 0 amide bonds. The van der Waals surface area contributed by atoms with E-state index in [0.717, 1.165) is 17.2 Å². The fourth-order valence-corrected chi connectivity index (χ4v) is 3.48. The Morgan fingerprint density at radius 1 is 1.10 bits per heavy atom. The van der Waals surface area contributed by atoms with Gasteiger partial charge in [-0.25, -0.2) is 13.2 Å². The normalized spacial score (nSPS) is 15.2. The van der Waals surface area contributed by atoms with Gasteiger partial charge < -0.3 is 9.52 Å². The van der Waals surface area contributed by atoms with Gasteiger partial charge in [0.05, 0.1) is 0 Å². The maximum atomic E-state index is 12.4. The Balaban J connectivity index is 1.92. The topological polar surface area (TPSA) is 87.8 Å². The maximum Gasteiger partial charge on any atom is 0.371 e. The lowest BCUT2D eigenvalue weighted by Gasteiger charge is -2.13. The van der Waals surface area contributed by atoms with E-state index >= 15 is 0 Å². The number of carboxylic acid groups (broad SMARTS) is 1. The van der Waals surface area contributed by atoms with E-state index in [4.69, 9.17) is 9.52 Å². The Hall–Kier alpha value is -2.12. The molecule has 104 valence electrons. The van der Waals surface area contributed by atoms with Crippen molar-refractivity contribution >= 4 is 16.0 Å². The van der Waals surface area contributed by atoms with Crippen LogP contribution in [0.4, 0.5) is 0 Å². The standard InChI is InChI=1S/C13H11NO5S/c15-13(16)11-5-6-12(19-11)20(17,18)14-7-9-3-1-2-4-10(9)8-14/h1-6H,7-8H2,(H,15,16). The van der Waals surface area contributed by atoms with Crippen molar-refractivity contribution in [2.45, 2.75) is 18.2 Å². The van der Waals surface area contributed by atoms with Crippen LogP contribution in [0.5, 0.6) is 0 Å². The molecular weight excluding hydrogens is 282 g/mol. The van der Waals surface area contributed by atoms with Crippen molar-refractivity contribution in [1.29, 1.82) is 0 Å². The SMILES string of the molecule is O=C(O)c1ccc(S(=O)(=O)N2Cc3ccccc3C2)o1. The number of sulfonamides is 1. The lowest BCUT2D eigenvalue weighted by atomic mass is 10.1. The van der Waals surface area contributed by atoms with Crippen LogP contribution in [0.3, 0.4) is 0 Å². The van der Waals surface area contributed by atoms with Gasteiger partial charge in [0.1, 0.15) is 0 Å². The number of rotatable bonds is 3. The zero-order chi connectivity index (χ0) is 14.3. The molecule has 0 saturated carbocycles. The molecule has 7 heteroatoms. The van der Waals surface area contributed by atoms with Gasteiger partial charge in [0.2, 0.25) is 10.9 Å². The van der Waals surface area contributed by atoms with Gasteiger partial charge in [-0.3, -0.25) is 0 Å². The molecule has 0 spiro atoms. The second-order valence-corrected chi connectivity index (χ2v) is 6.33. The van der Waals surface area contributed by atoms with E-state index in [2.05, 4.69) is 0 Å². The first kappa shape index (κ1) is 12.9.